The van der Waals surface area contributed by atoms with Gasteiger partial charge in [-0.3, -0.25) is 9.59 Å². The molecule has 0 saturated heterocycles. The highest BCUT2D eigenvalue weighted by Crippen LogP contribution is 1.90. The minimum absolute atomic E-state index is 0.0248. The molecule has 0 fully saturated rings. The van der Waals surface area contributed by atoms with Gasteiger partial charge < -0.3 is 43.0 Å². The summed E-state index contributed by atoms with van der Waals surface area (Å²) in [6, 6.07) is 0. The molecular weight excluding hydrogens is 452 g/mol. The quantitative estimate of drug-likeness (QED) is 0.153. The molecule has 1 N–H and O–H groups in total. The first-order chi connectivity index (χ1) is 16.6. The van der Waals surface area contributed by atoms with E-state index in [9.17, 15) is 9.59 Å². The van der Waals surface area contributed by atoms with Gasteiger partial charge in [-0.05, 0) is 20.3 Å². The molecule has 0 aromatic heterocycles. The number of aliphatic hydroxyl groups excluding tert-OH is 1. The summed E-state index contributed by atoms with van der Waals surface area (Å²) in [5, 5.41) is 8.43. The van der Waals surface area contributed by atoms with Crippen molar-refractivity contribution in [2.75, 3.05) is 99.1 Å². The number of esters is 2. The van der Waals surface area contributed by atoms with Crippen molar-refractivity contribution in [2.24, 2.45) is 0 Å². The molecule has 0 aromatic rings. The van der Waals surface area contributed by atoms with Crippen molar-refractivity contribution in [3.8, 4) is 0 Å². The third-order valence-electron chi connectivity index (χ3n) is 3.58. The Morgan fingerprint density at radius 1 is 0.500 bits per heavy atom. The van der Waals surface area contributed by atoms with Crippen molar-refractivity contribution in [1.29, 1.82) is 0 Å². The van der Waals surface area contributed by atoms with E-state index in [4.69, 9.17) is 43.0 Å². The lowest BCUT2D eigenvalue weighted by Gasteiger charge is -2.06. The first kappa shape index (κ1) is 34.8. The largest absolute Gasteiger partial charge is 0.466 e. The van der Waals surface area contributed by atoms with Gasteiger partial charge in [-0.2, -0.15) is 0 Å². The number of hydrogen-bond acceptors (Lipinski definition) is 11. The Kier molecular flexibility index (Phi) is 32.4. The van der Waals surface area contributed by atoms with E-state index in [2.05, 4.69) is 6.92 Å². The predicted octanol–water partition coefficient (Wildman–Crippen LogP) is 1.38. The second kappa shape index (κ2) is 31.7. The fourth-order valence-corrected chi connectivity index (χ4v) is 2.07. The average Bonchev–Trinajstić information content (AvgIpc) is 2.82. The molecule has 0 bridgehead atoms. The minimum Gasteiger partial charge on any atom is -0.466 e. The fourth-order valence-electron chi connectivity index (χ4n) is 2.07. The smallest absolute Gasteiger partial charge is 0.308 e. The minimum atomic E-state index is -0.245. The summed E-state index contributed by atoms with van der Waals surface area (Å²) in [6.45, 7) is 12.4. The van der Waals surface area contributed by atoms with Crippen LogP contribution in [0.25, 0.3) is 0 Å². The SMILES string of the molecule is CCCOCCOCCOCCC(=O)OCC.CCOC(=O)CCOCCOCCOCCO. The number of aliphatic hydroxyl groups is 1. The molecule has 0 aromatic carbocycles. The first-order valence-corrected chi connectivity index (χ1v) is 12.0. The standard InChI is InChI=1S/C12H24O5.C11H22O6/c1-3-6-14-8-10-16-11-9-15-7-5-12(13)17-4-2;1-2-17-11(13)3-5-14-7-9-16-10-8-15-6-4-12/h3-11H2,1-2H3;12H,2-10H2,1H3. The second-order valence-electron chi connectivity index (χ2n) is 6.51. The van der Waals surface area contributed by atoms with Crippen LogP contribution in [0.5, 0.6) is 0 Å². The molecule has 0 spiro atoms. The van der Waals surface area contributed by atoms with E-state index in [0.717, 1.165) is 13.0 Å². The summed E-state index contributed by atoms with van der Waals surface area (Å²) in [7, 11) is 0. The van der Waals surface area contributed by atoms with Gasteiger partial charge >= 0.3 is 11.9 Å². The lowest BCUT2D eigenvalue weighted by molar-refractivity contribution is -0.145. The van der Waals surface area contributed by atoms with E-state index in [1.807, 2.05) is 0 Å². The van der Waals surface area contributed by atoms with Gasteiger partial charge in [0.1, 0.15) is 0 Å². The zero-order valence-electron chi connectivity index (χ0n) is 21.3. The zero-order valence-corrected chi connectivity index (χ0v) is 21.3. The maximum Gasteiger partial charge on any atom is 0.308 e. The molecule has 0 aliphatic heterocycles. The summed E-state index contributed by atoms with van der Waals surface area (Å²) in [5.41, 5.74) is 0. The van der Waals surface area contributed by atoms with Gasteiger partial charge in [0.15, 0.2) is 0 Å². The molecule has 0 aliphatic rings. The van der Waals surface area contributed by atoms with Crippen LogP contribution in [0, 0.1) is 0 Å². The average molecular weight is 499 g/mol. The molecule has 0 rings (SSSR count). The van der Waals surface area contributed by atoms with Gasteiger partial charge in [-0.1, -0.05) is 6.92 Å². The molecule has 11 heteroatoms. The fraction of sp³-hybridized carbons (Fsp3) is 0.913. The maximum atomic E-state index is 10.9. The molecule has 34 heavy (non-hydrogen) atoms. The summed E-state index contributed by atoms with van der Waals surface area (Å²) < 4.78 is 40.6. The normalized spacial score (nSPS) is 10.5. The van der Waals surface area contributed by atoms with Gasteiger partial charge in [-0.25, -0.2) is 0 Å². The second-order valence-corrected chi connectivity index (χ2v) is 6.51. The molecule has 0 radical (unpaired) electrons. The van der Waals surface area contributed by atoms with Crippen LogP contribution < -0.4 is 0 Å². The van der Waals surface area contributed by atoms with E-state index < -0.39 is 0 Å². The third-order valence-corrected chi connectivity index (χ3v) is 3.58. The van der Waals surface area contributed by atoms with Crippen molar-refractivity contribution in [2.45, 2.75) is 40.0 Å². The van der Waals surface area contributed by atoms with E-state index >= 15 is 0 Å². The molecule has 0 saturated carbocycles. The Labute approximate surface area is 204 Å². The summed E-state index contributed by atoms with van der Waals surface area (Å²) in [6.07, 6.45) is 1.60. The highest BCUT2D eigenvalue weighted by molar-refractivity contribution is 5.69. The molecule has 204 valence electrons. The number of ether oxygens (including phenoxy) is 8. The maximum absolute atomic E-state index is 10.9. The van der Waals surface area contributed by atoms with Gasteiger partial charge in [0.05, 0.1) is 105 Å². The Balaban J connectivity index is 0. The number of rotatable bonds is 24. The Morgan fingerprint density at radius 3 is 1.15 bits per heavy atom. The van der Waals surface area contributed by atoms with Crippen molar-refractivity contribution >= 4 is 11.9 Å². The molecule has 0 heterocycles. The Morgan fingerprint density at radius 2 is 0.824 bits per heavy atom. The van der Waals surface area contributed by atoms with Gasteiger partial charge in [0.2, 0.25) is 0 Å². The third kappa shape index (κ3) is 32.8. The van der Waals surface area contributed by atoms with E-state index in [-0.39, 0.29) is 25.0 Å². The molecule has 0 atom stereocenters. The van der Waals surface area contributed by atoms with Crippen LogP contribution in [0.1, 0.15) is 40.0 Å². The van der Waals surface area contributed by atoms with Crippen LogP contribution in [0.2, 0.25) is 0 Å². The highest BCUT2D eigenvalue weighted by Gasteiger charge is 2.01. The lowest BCUT2D eigenvalue weighted by Crippen LogP contribution is -2.13. The van der Waals surface area contributed by atoms with Gasteiger partial charge in [0.25, 0.3) is 0 Å². The number of carbonyl (C=O) groups is 2. The van der Waals surface area contributed by atoms with E-state index in [0.29, 0.717) is 92.3 Å². The van der Waals surface area contributed by atoms with Crippen LogP contribution in [-0.2, 0) is 47.5 Å². The van der Waals surface area contributed by atoms with Crippen molar-refractivity contribution in [3.63, 3.8) is 0 Å². The van der Waals surface area contributed by atoms with Crippen molar-refractivity contribution in [3.05, 3.63) is 0 Å². The van der Waals surface area contributed by atoms with Crippen LogP contribution in [-0.4, -0.2) is 116 Å². The van der Waals surface area contributed by atoms with Crippen LogP contribution in [0.3, 0.4) is 0 Å². The summed E-state index contributed by atoms with van der Waals surface area (Å²) >= 11 is 0. The molecular formula is C23H46O11. The lowest BCUT2D eigenvalue weighted by atomic mass is 10.5. The molecule has 0 aliphatic carbocycles. The van der Waals surface area contributed by atoms with Crippen LogP contribution >= 0.6 is 0 Å². The first-order valence-electron chi connectivity index (χ1n) is 12.0. The summed E-state index contributed by atoms with van der Waals surface area (Å²) in [4.78, 5) is 21.8. The van der Waals surface area contributed by atoms with Crippen molar-refractivity contribution < 1.29 is 52.6 Å². The Bertz CT molecular complexity index is 384. The predicted molar refractivity (Wildman–Crippen MR) is 125 cm³/mol. The topological polar surface area (TPSA) is 128 Å². The van der Waals surface area contributed by atoms with Crippen molar-refractivity contribution in [1.82, 2.24) is 0 Å². The molecule has 0 amide bonds. The van der Waals surface area contributed by atoms with E-state index in [1.54, 1.807) is 13.8 Å². The molecule has 0 unspecified atom stereocenters. The number of hydrogen-bond donors (Lipinski definition) is 1. The zero-order chi connectivity index (χ0) is 25.5. The summed E-state index contributed by atoms with van der Waals surface area (Å²) in [5.74, 6) is -0.466. The molecule has 11 nitrogen and oxygen atoms in total. The monoisotopic (exact) mass is 498 g/mol. The highest BCUT2D eigenvalue weighted by atomic mass is 16.6. The number of carbonyl (C=O) groups excluding carboxylic acids is 2. The van der Waals surface area contributed by atoms with E-state index in [1.165, 1.54) is 0 Å². The Hall–Kier alpha value is -1.34. The van der Waals surface area contributed by atoms with Crippen LogP contribution in [0.4, 0.5) is 0 Å². The van der Waals surface area contributed by atoms with Gasteiger partial charge in [-0.15, -0.1) is 0 Å². The van der Waals surface area contributed by atoms with Gasteiger partial charge in [0, 0.05) is 6.61 Å². The van der Waals surface area contributed by atoms with Crippen LogP contribution in [0.15, 0.2) is 0 Å².